The molecule has 1 saturated heterocycles. The van der Waals surface area contributed by atoms with Crippen LogP contribution < -0.4 is 5.32 Å². The molecule has 2 aliphatic heterocycles. The number of cyclic esters (lactones) is 1. The van der Waals surface area contributed by atoms with E-state index in [-0.39, 0.29) is 55.1 Å². The highest BCUT2D eigenvalue weighted by atomic mass is 16.5. The maximum atomic E-state index is 12.7. The fourth-order valence-corrected chi connectivity index (χ4v) is 4.16. The Hall–Kier alpha value is -2.80. The summed E-state index contributed by atoms with van der Waals surface area (Å²) in [7, 11) is 0. The quantitative estimate of drug-likeness (QED) is 0.345. The van der Waals surface area contributed by atoms with Gasteiger partial charge in [-0.2, -0.15) is 0 Å². The summed E-state index contributed by atoms with van der Waals surface area (Å²) < 4.78 is 5.68. The normalized spacial score (nSPS) is 27.9. The van der Waals surface area contributed by atoms with Crippen LogP contribution in [0.15, 0.2) is 48.1 Å². The third-order valence-corrected chi connectivity index (χ3v) is 5.88. The molecule has 180 valence electrons. The number of aliphatic hydroxyl groups is 1. The maximum absolute atomic E-state index is 12.7. The Morgan fingerprint density at radius 3 is 2.55 bits per heavy atom. The van der Waals surface area contributed by atoms with Crippen molar-refractivity contribution >= 4 is 23.6 Å². The van der Waals surface area contributed by atoms with Crippen molar-refractivity contribution in [1.29, 1.82) is 0 Å². The van der Waals surface area contributed by atoms with Gasteiger partial charge in [-0.15, -0.1) is 0 Å². The van der Waals surface area contributed by atoms with Gasteiger partial charge in [-0.1, -0.05) is 50.3 Å². The molecule has 2 amide bonds. The van der Waals surface area contributed by atoms with E-state index >= 15 is 0 Å². The Labute approximate surface area is 195 Å². The molecule has 0 radical (unpaired) electrons. The van der Waals surface area contributed by atoms with Gasteiger partial charge in [0, 0.05) is 37.2 Å². The van der Waals surface area contributed by atoms with Crippen LogP contribution in [0.2, 0.25) is 0 Å². The fourth-order valence-electron chi connectivity index (χ4n) is 4.16. The molecule has 2 heterocycles. The van der Waals surface area contributed by atoms with E-state index in [4.69, 9.17) is 4.74 Å². The molecule has 2 aliphatic rings. The molecule has 4 atom stereocenters. The molecular weight excluding hydrogens is 422 g/mol. The Kier molecular flexibility index (Phi) is 10.5. The lowest BCUT2D eigenvalue weighted by Crippen LogP contribution is -2.39. The van der Waals surface area contributed by atoms with Gasteiger partial charge >= 0.3 is 5.97 Å². The van der Waals surface area contributed by atoms with Gasteiger partial charge in [-0.25, -0.2) is 4.79 Å². The summed E-state index contributed by atoms with van der Waals surface area (Å²) in [5, 5.41) is 12.6. The molecule has 0 saturated carbocycles. The Balaban J connectivity index is 2.01. The number of allylic oxidation sites excluding steroid dienone is 5. The number of aliphatic hydroxyl groups excluding tert-OH is 1. The number of amides is 2. The first kappa shape index (κ1) is 26.5. The molecule has 0 aromatic heterocycles. The van der Waals surface area contributed by atoms with Crippen LogP contribution in [0.4, 0.5) is 0 Å². The summed E-state index contributed by atoms with van der Waals surface area (Å²) in [5.74, 6) is -2.10. The standard InChI is InChI=1S/C26H35NO6/c1-17-10-8-6-4-5-7-9-11-25(32)33-26(17)19(3)12-18(2)22(29)16-21(28)13-20-14-23(30)27-24(31)15-20/h4,6,8-12,17-18,20-21,26,28H,5,7,13-16H2,1-3H3,(H,27,30,31)/b6-4+,10-8-,11-9+,19-12+/t17-,18-,21+,26-/m0/s1. The number of imide groups is 1. The topological polar surface area (TPSA) is 110 Å². The highest BCUT2D eigenvalue weighted by molar-refractivity contribution is 5.97. The van der Waals surface area contributed by atoms with Crippen LogP contribution in [0.25, 0.3) is 0 Å². The number of Topliss-reactive ketones (excluding diaryl/α,β-unsaturated/α-hetero) is 1. The van der Waals surface area contributed by atoms with Gasteiger partial charge < -0.3 is 9.84 Å². The van der Waals surface area contributed by atoms with Gasteiger partial charge in [-0.05, 0) is 37.7 Å². The van der Waals surface area contributed by atoms with Crippen molar-refractivity contribution in [1.82, 2.24) is 5.32 Å². The maximum Gasteiger partial charge on any atom is 0.331 e. The number of ether oxygens (including phenoxy) is 1. The van der Waals surface area contributed by atoms with E-state index in [0.29, 0.717) is 0 Å². The van der Waals surface area contributed by atoms with Crippen molar-refractivity contribution in [2.24, 2.45) is 17.8 Å². The average Bonchev–Trinajstić information content (AvgIpc) is 2.71. The first-order valence-electron chi connectivity index (χ1n) is 11.6. The first-order chi connectivity index (χ1) is 15.7. The van der Waals surface area contributed by atoms with E-state index < -0.39 is 24.1 Å². The number of hydrogen-bond donors (Lipinski definition) is 2. The molecule has 0 unspecified atom stereocenters. The summed E-state index contributed by atoms with van der Waals surface area (Å²) in [4.78, 5) is 47.9. The largest absolute Gasteiger partial charge is 0.454 e. The van der Waals surface area contributed by atoms with Crippen LogP contribution in [0.1, 0.15) is 59.3 Å². The molecule has 0 aliphatic carbocycles. The van der Waals surface area contributed by atoms with Gasteiger partial charge in [0.25, 0.3) is 0 Å². The third-order valence-electron chi connectivity index (χ3n) is 5.88. The molecule has 0 aromatic rings. The molecular formula is C26H35NO6. The lowest BCUT2D eigenvalue weighted by Gasteiger charge is -2.24. The second-order valence-corrected chi connectivity index (χ2v) is 9.01. The molecule has 7 nitrogen and oxygen atoms in total. The smallest absolute Gasteiger partial charge is 0.331 e. The number of rotatable bonds is 7. The van der Waals surface area contributed by atoms with E-state index in [1.807, 2.05) is 38.2 Å². The molecule has 7 heteroatoms. The average molecular weight is 458 g/mol. The van der Waals surface area contributed by atoms with E-state index in [9.17, 15) is 24.3 Å². The Bertz CT molecular complexity index is 837. The molecule has 0 spiro atoms. The van der Waals surface area contributed by atoms with Gasteiger partial charge in [0.05, 0.1) is 6.10 Å². The van der Waals surface area contributed by atoms with Crippen molar-refractivity contribution in [2.75, 3.05) is 0 Å². The summed E-state index contributed by atoms with van der Waals surface area (Å²) in [6.45, 7) is 5.53. The van der Waals surface area contributed by atoms with Crippen molar-refractivity contribution in [3.8, 4) is 0 Å². The summed E-state index contributed by atoms with van der Waals surface area (Å²) >= 11 is 0. The summed E-state index contributed by atoms with van der Waals surface area (Å²) in [5.41, 5.74) is 0.764. The SMILES string of the molecule is C/C(=C\[C@H](C)C(=O)C[C@H](O)CC1CC(=O)NC(=O)C1)[C@H]1OC(=O)/C=C/CC/C=C/C=C\[C@@H]1C. The van der Waals surface area contributed by atoms with Crippen molar-refractivity contribution < 1.29 is 29.0 Å². The van der Waals surface area contributed by atoms with Crippen molar-refractivity contribution in [3.63, 3.8) is 0 Å². The highest BCUT2D eigenvalue weighted by Gasteiger charge is 2.28. The summed E-state index contributed by atoms with van der Waals surface area (Å²) in [6.07, 6.45) is 13.6. The second-order valence-electron chi connectivity index (χ2n) is 9.01. The summed E-state index contributed by atoms with van der Waals surface area (Å²) in [6, 6.07) is 0. The zero-order valence-corrected chi connectivity index (χ0v) is 19.7. The van der Waals surface area contributed by atoms with Gasteiger partial charge in [0.2, 0.25) is 11.8 Å². The predicted octanol–water partition coefficient (Wildman–Crippen LogP) is 3.34. The van der Waals surface area contributed by atoms with Crippen LogP contribution in [0.5, 0.6) is 0 Å². The lowest BCUT2D eigenvalue weighted by atomic mass is 9.88. The minimum absolute atomic E-state index is 0.0648. The number of piperidine rings is 1. The first-order valence-corrected chi connectivity index (χ1v) is 11.6. The molecule has 0 aromatic carbocycles. The second kappa shape index (κ2) is 13.0. The van der Waals surface area contributed by atoms with E-state index in [0.717, 1.165) is 18.4 Å². The minimum Gasteiger partial charge on any atom is -0.454 e. The third kappa shape index (κ3) is 9.30. The number of hydrogen-bond acceptors (Lipinski definition) is 6. The van der Waals surface area contributed by atoms with Crippen molar-refractivity contribution in [2.45, 2.75) is 71.5 Å². The highest BCUT2D eigenvalue weighted by Crippen LogP contribution is 2.24. The van der Waals surface area contributed by atoms with Gasteiger partial charge in [-0.3, -0.25) is 19.7 Å². The van der Waals surface area contributed by atoms with Crippen LogP contribution in [-0.2, 0) is 23.9 Å². The van der Waals surface area contributed by atoms with Gasteiger partial charge in [0.1, 0.15) is 11.9 Å². The number of ketones is 1. The zero-order valence-electron chi connectivity index (χ0n) is 19.7. The van der Waals surface area contributed by atoms with Crippen LogP contribution >= 0.6 is 0 Å². The van der Waals surface area contributed by atoms with Crippen LogP contribution in [0.3, 0.4) is 0 Å². The molecule has 33 heavy (non-hydrogen) atoms. The predicted molar refractivity (Wildman–Crippen MR) is 125 cm³/mol. The van der Waals surface area contributed by atoms with E-state index in [1.54, 1.807) is 19.1 Å². The molecule has 1 fully saturated rings. The number of carbonyl (C=O) groups is 4. The number of esters is 1. The minimum atomic E-state index is -0.921. The van der Waals surface area contributed by atoms with Crippen LogP contribution in [0, 0.1) is 17.8 Å². The van der Waals surface area contributed by atoms with E-state index in [2.05, 4.69) is 5.32 Å². The fraction of sp³-hybridized carbons (Fsp3) is 0.538. The number of carbonyl (C=O) groups excluding carboxylic acids is 4. The molecule has 2 N–H and O–H groups in total. The van der Waals surface area contributed by atoms with E-state index in [1.165, 1.54) is 6.08 Å². The van der Waals surface area contributed by atoms with Crippen LogP contribution in [-0.4, -0.2) is 40.9 Å². The molecule has 2 rings (SSSR count). The lowest BCUT2D eigenvalue weighted by molar-refractivity contribution is -0.142. The zero-order chi connectivity index (χ0) is 24.4. The van der Waals surface area contributed by atoms with Crippen molar-refractivity contribution in [3.05, 3.63) is 48.1 Å². The Morgan fingerprint density at radius 2 is 1.85 bits per heavy atom. The Morgan fingerprint density at radius 1 is 1.18 bits per heavy atom. The number of nitrogens with one attached hydrogen (secondary N) is 1. The molecule has 0 bridgehead atoms. The van der Waals surface area contributed by atoms with Gasteiger partial charge in [0.15, 0.2) is 0 Å². The monoisotopic (exact) mass is 457 g/mol.